The van der Waals surface area contributed by atoms with Gasteiger partial charge in [0.15, 0.2) is 0 Å². The van der Waals surface area contributed by atoms with Gasteiger partial charge >= 0.3 is 5.97 Å². The predicted octanol–water partition coefficient (Wildman–Crippen LogP) is 4.00. The Kier molecular flexibility index (Phi) is 7.04. The van der Waals surface area contributed by atoms with Crippen LogP contribution in [0.25, 0.3) is 0 Å². The predicted molar refractivity (Wildman–Crippen MR) is 114 cm³/mol. The molecule has 0 aliphatic carbocycles. The van der Waals surface area contributed by atoms with Crippen LogP contribution in [0.15, 0.2) is 53.0 Å². The number of esters is 1. The molecular weight excluding hydrogens is 436 g/mol. The Hall–Kier alpha value is -2.67. The molecule has 6 nitrogen and oxygen atoms in total. The van der Waals surface area contributed by atoms with E-state index in [1.165, 1.54) is 7.11 Å². The molecule has 0 saturated carbocycles. The van der Waals surface area contributed by atoms with Gasteiger partial charge in [-0.3, -0.25) is 14.4 Å². The number of ether oxygens (including phenoxy) is 1. The molecule has 1 saturated heterocycles. The summed E-state index contributed by atoms with van der Waals surface area (Å²) in [5.41, 5.74) is 2.06. The molecule has 1 aliphatic heterocycles. The molecule has 2 amide bonds. The Bertz CT molecular complexity index is 898. The van der Waals surface area contributed by atoms with Crippen LogP contribution in [0.1, 0.15) is 47.6 Å². The molecule has 1 fully saturated rings. The molecule has 0 aromatic heterocycles. The molecule has 0 radical (unpaired) electrons. The highest BCUT2D eigenvalue weighted by molar-refractivity contribution is 9.10. The Morgan fingerprint density at radius 3 is 2.59 bits per heavy atom. The fraction of sp³-hybridized carbons (Fsp3) is 0.318. The van der Waals surface area contributed by atoms with Crippen LogP contribution < -0.4 is 10.2 Å². The first kappa shape index (κ1) is 21.0. The van der Waals surface area contributed by atoms with Crippen molar-refractivity contribution in [3.8, 4) is 0 Å². The van der Waals surface area contributed by atoms with Gasteiger partial charge in [-0.2, -0.15) is 0 Å². The molecule has 29 heavy (non-hydrogen) atoms. The second kappa shape index (κ2) is 9.69. The summed E-state index contributed by atoms with van der Waals surface area (Å²) in [6, 6.07) is 13.9. The van der Waals surface area contributed by atoms with Gasteiger partial charge in [0.1, 0.15) is 0 Å². The monoisotopic (exact) mass is 458 g/mol. The van der Waals surface area contributed by atoms with E-state index in [4.69, 9.17) is 4.74 Å². The van der Waals surface area contributed by atoms with Crippen LogP contribution in [-0.2, 0) is 14.3 Å². The van der Waals surface area contributed by atoms with Gasteiger partial charge in [0.25, 0.3) is 5.91 Å². The summed E-state index contributed by atoms with van der Waals surface area (Å²) in [6.45, 7) is 0.703. The Balaban J connectivity index is 1.75. The Labute approximate surface area is 178 Å². The van der Waals surface area contributed by atoms with Crippen LogP contribution in [0.2, 0.25) is 0 Å². The number of nitrogens with one attached hydrogen (secondary N) is 1. The van der Waals surface area contributed by atoms with Crippen LogP contribution in [0.4, 0.5) is 5.69 Å². The number of nitrogens with zero attached hydrogens (tertiary/aromatic N) is 1. The lowest BCUT2D eigenvalue weighted by Gasteiger charge is -2.27. The van der Waals surface area contributed by atoms with Gasteiger partial charge in [-0.1, -0.05) is 28.1 Å². The summed E-state index contributed by atoms with van der Waals surface area (Å²) >= 11 is 3.41. The summed E-state index contributed by atoms with van der Waals surface area (Å²) in [5.74, 6) is -0.592. The lowest BCUT2D eigenvalue weighted by Crippen LogP contribution is -2.35. The minimum absolute atomic E-state index is 0.0268. The number of halogens is 1. The number of anilines is 1. The van der Waals surface area contributed by atoms with Crippen molar-refractivity contribution in [2.45, 2.75) is 31.7 Å². The molecule has 0 spiro atoms. The third-order valence-corrected chi connectivity index (χ3v) is 5.41. The van der Waals surface area contributed by atoms with Gasteiger partial charge < -0.3 is 15.0 Å². The molecule has 1 aliphatic rings. The number of piperidine rings is 1. The molecule has 2 aromatic rings. The lowest BCUT2D eigenvalue weighted by molar-refractivity contribution is -0.141. The van der Waals surface area contributed by atoms with E-state index in [9.17, 15) is 14.4 Å². The van der Waals surface area contributed by atoms with Crippen molar-refractivity contribution in [1.82, 2.24) is 5.32 Å². The van der Waals surface area contributed by atoms with E-state index in [0.29, 0.717) is 18.5 Å². The average molecular weight is 459 g/mol. The maximum atomic E-state index is 12.8. The van der Waals surface area contributed by atoms with Crippen molar-refractivity contribution >= 4 is 39.4 Å². The number of carbonyl (C=O) groups excluding carboxylic acids is 3. The standard InChI is InChI=1S/C22H23BrN2O4/c1-29-21(27)14-19(16-5-4-6-17(23)13-16)24-22(28)15-8-10-18(11-9-15)25-12-3-2-7-20(25)26/h4-6,8-11,13,19H,2-3,7,12,14H2,1H3,(H,24,28). The lowest BCUT2D eigenvalue weighted by atomic mass is 10.0. The second-order valence-electron chi connectivity index (χ2n) is 6.91. The third-order valence-electron chi connectivity index (χ3n) is 4.92. The quantitative estimate of drug-likeness (QED) is 0.663. The van der Waals surface area contributed by atoms with E-state index in [-0.39, 0.29) is 18.2 Å². The molecule has 1 unspecified atom stereocenters. The maximum absolute atomic E-state index is 12.8. The summed E-state index contributed by atoms with van der Waals surface area (Å²) in [7, 11) is 1.32. The van der Waals surface area contributed by atoms with Gasteiger partial charge in [0.2, 0.25) is 5.91 Å². The number of hydrogen-bond acceptors (Lipinski definition) is 4. The van der Waals surface area contributed by atoms with Gasteiger partial charge in [-0.05, 0) is 54.8 Å². The highest BCUT2D eigenvalue weighted by Crippen LogP contribution is 2.24. The number of benzene rings is 2. The fourth-order valence-electron chi connectivity index (χ4n) is 3.34. The van der Waals surface area contributed by atoms with E-state index in [1.807, 2.05) is 24.3 Å². The van der Waals surface area contributed by atoms with Crippen LogP contribution in [0, 0.1) is 0 Å². The smallest absolute Gasteiger partial charge is 0.307 e. The molecule has 0 bridgehead atoms. The zero-order chi connectivity index (χ0) is 20.8. The minimum atomic E-state index is -0.518. The molecular formula is C22H23BrN2O4. The molecule has 1 N–H and O–H groups in total. The van der Waals surface area contributed by atoms with E-state index in [1.54, 1.807) is 29.2 Å². The van der Waals surface area contributed by atoms with Gasteiger partial charge in [0.05, 0.1) is 19.6 Å². The summed E-state index contributed by atoms with van der Waals surface area (Å²) in [6.07, 6.45) is 2.49. The van der Waals surface area contributed by atoms with Crippen LogP contribution in [0.3, 0.4) is 0 Å². The van der Waals surface area contributed by atoms with E-state index in [0.717, 1.165) is 28.6 Å². The molecule has 152 valence electrons. The van der Waals surface area contributed by atoms with Crippen molar-refractivity contribution in [1.29, 1.82) is 0 Å². The zero-order valence-corrected chi connectivity index (χ0v) is 17.8. The van der Waals surface area contributed by atoms with Crippen LogP contribution in [0.5, 0.6) is 0 Å². The maximum Gasteiger partial charge on any atom is 0.307 e. The van der Waals surface area contributed by atoms with Crippen molar-refractivity contribution in [2.75, 3.05) is 18.6 Å². The van der Waals surface area contributed by atoms with Crippen molar-refractivity contribution in [2.24, 2.45) is 0 Å². The first-order chi connectivity index (χ1) is 14.0. The van der Waals surface area contributed by atoms with Crippen molar-refractivity contribution in [3.63, 3.8) is 0 Å². The number of hydrogen-bond donors (Lipinski definition) is 1. The van der Waals surface area contributed by atoms with Gasteiger partial charge in [0, 0.05) is 28.7 Å². The van der Waals surface area contributed by atoms with Crippen LogP contribution >= 0.6 is 15.9 Å². The molecule has 1 heterocycles. The topological polar surface area (TPSA) is 75.7 Å². The summed E-state index contributed by atoms with van der Waals surface area (Å²) in [5, 5.41) is 2.91. The average Bonchev–Trinajstić information content (AvgIpc) is 2.73. The van der Waals surface area contributed by atoms with E-state index < -0.39 is 12.0 Å². The normalized spacial score (nSPS) is 15.0. The van der Waals surface area contributed by atoms with E-state index >= 15 is 0 Å². The minimum Gasteiger partial charge on any atom is -0.469 e. The van der Waals surface area contributed by atoms with Crippen LogP contribution in [-0.4, -0.2) is 31.4 Å². The number of rotatable bonds is 6. The molecule has 7 heteroatoms. The van der Waals surface area contributed by atoms with E-state index in [2.05, 4.69) is 21.2 Å². The highest BCUT2D eigenvalue weighted by Gasteiger charge is 2.22. The number of amides is 2. The highest BCUT2D eigenvalue weighted by atomic mass is 79.9. The largest absolute Gasteiger partial charge is 0.469 e. The molecule has 2 aromatic carbocycles. The number of methoxy groups -OCH3 is 1. The third kappa shape index (κ3) is 5.44. The van der Waals surface area contributed by atoms with Gasteiger partial charge in [-0.15, -0.1) is 0 Å². The molecule has 1 atom stereocenters. The number of carbonyl (C=O) groups is 3. The Morgan fingerprint density at radius 2 is 1.93 bits per heavy atom. The Morgan fingerprint density at radius 1 is 1.17 bits per heavy atom. The fourth-order valence-corrected chi connectivity index (χ4v) is 3.76. The summed E-state index contributed by atoms with van der Waals surface area (Å²) < 4.78 is 5.63. The van der Waals surface area contributed by atoms with Gasteiger partial charge in [-0.25, -0.2) is 0 Å². The first-order valence-electron chi connectivity index (χ1n) is 9.51. The second-order valence-corrected chi connectivity index (χ2v) is 7.83. The van der Waals surface area contributed by atoms with Crippen molar-refractivity contribution < 1.29 is 19.1 Å². The zero-order valence-electron chi connectivity index (χ0n) is 16.2. The first-order valence-corrected chi connectivity index (χ1v) is 10.3. The SMILES string of the molecule is COC(=O)CC(NC(=O)c1ccc(N2CCCCC2=O)cc1)c1cccc(Br)c1. The summed E-state index contributed by atoms with van der Waals surface area (Å²) in [4.78, 5) is 38.4. The van der Waals surface area contributed by atoms with Crippen molar-refractivity contribution in [3.05, 3.63) is 64.1 Å². The molecule has 3 rings (SSSR count).